The Morgan fingerprint density at radius 2 is 1.85 bits per heavy atom. The number of rotatable bonds is 12. The molecule has 3 aromatic carbocycles. The molecule has 212 valence electrons. The molecule has 0 aromatic heterocycles. The van der Waals surface area contributed by atoms with Gasteiger partial charge in [0.05, 0.1) is 27.0 Å². The average Bonchev–Trinajstić information content (AvgIpc) is 2.92. The summed E-state index contributed by atoms with van der Waals surface area (Å²) in [6.07, 6.45) is 5.25. The normalized spacial score (nSPS) is 15.7. The van der Waals surface area contributed by atoms with Crippen LogP contribution in [0.5, 0.6) is 0 Å². The lowest BCUT2D eigenvalue weighted by molar-refractivity contribution is -0.122. The minimum atomic E-state index is -4.08. The summed E-state index contributed by atoms with van der Waals surface area (Å²) in [5, 5.41) is 6.80. The maximum absolute atomic E-state index is 13.6. The number of fused-ring (bicyclic) bond motifs is 1. The Bertz CT molecular complexity index is 1470. The van der Waals surface area contributed by atoms with Gasteiger partial charge in [-0.25, -0.2) is 17.5 Å². The molecule has 0 saturated carbocycles. The second-order valence-corrected chi connectivity index (χ2v) is 12.3. The quantitative estimate of drug-likeness (QED) is 0.165. The SMILES string of the molecule is C=CCCNCc1ccc2c(c1)CCC[C@H]2NC(=O)C[C@@H](NS(=O)(=O)c1ccc(Cl)c(Cl)c1)c1ccc(F)cc1. The Morgan fingerprint density at radius 1 is 1.07 bits per heavy atom. The van der Waals surface area contributed by atoms with Gasteiger partial charge in [-0.15, -0.1) is 6.58 Å². The third kappa shape index (κ3) is 7.92. The van der Waals surface area contributed by atoms with Crippen LogP contribution in [0.1, 0.15) is 60.0 Å². The average molecular weight is 605 g/mol. The van der Waals surface area contributed by atoms with E-state index in [1.54, 1.807) is 0 Å². The second kappa shape index (κ2) is 13.7. The van der Waals surface area contributed by atoms with Gasteiger partial charge in [0.1, 0.15) is 5.82 Å². The molecule has 1 aliphatic carbocycles. The summed E-state index contributed by atoms with van der Waals surface area (Å²) in [5.41, 5.74) is 3.92. The van der Waals surface area contributed by atoms with Crippen molar-refractivity contribution < 1.29 is 17.6 Å². The Balaban J connectivity index is 1.49. The van der Waals surface area contributed by atoms with Gasteiger partial charge in [-0.2, -0.15) is 0 Å². The van der Waals surface area contributed by atoms with Gasteiger partial charge in [0.25, 0.3) is 0 Å². The van der Waals surface area contributed by atoms with Gasteiger partial charge >= 0.3 is 0 Å². The Hall–Kier alpha value is -2.75. The first kappa shape index (κ1) is 30.2. The predicted molar refractivity (Wildman–Crippen MR) is 157 cm³/mol. The van der Waals surface area contributed by atoms with Crippen molar-refractivity contribution in [1.29, 1.82) is 0 Å². The maximum atomic E-state index is 13.6. The van der Waals surface area contributed by atoms with Crippen LogP contribution >= 0.6 is 23.2 Å². The van der Waals surface area contributed by atoms with Crippen molar-refractivity contribution in [2.24, 2.45) is 0 Å². The van der Waals surface area contributed by atoms with Crippen LogP contribution in [0.15, 0.2) is 78.2 Å². The fourth-order valence-corrected chi connectivity index (χ4v) is 6.44. The van der Waals surface area contributed by atoms with Gasteiger partial charge in [-0.1, -0.05) is 59.6 Å². The summed E-state index contributed by atoms with van der Waals surface area (Å²) < 4.78 is 42.6. The van der Waals surface area contributed by atoms with E-state index in [9.17, 15) is 17.6 Å². The number of sulfonamides is 1. The first-order chi connectivity index (χ1) is 19.2. The first-order valence-corrected chi connectivity index (χ1v) is 15.4. The zero-order chi connectivity index (χ0) is 28.7. The van der Waals surface area contributed by atoms with Crippen LogP contribution in [-0.4, -0.2) is 20.9 Å². The number of carbonyl (C=O) groups is 1. The van der Waals surface area contributed by atoms with Crippen LogP contribution in [0.3, 0.4) is 0 Å². The highest BCUT2D eigenvalue weighted by atomic mass is 35.5. The van der Waals surface area contributed by atoms with Crippen LogP contribution in [0.2, 0.25) is 10.0 Å². The summed E-state index contributed by atoms with van der Waals surface area (Å²) in [5.74, 6) is -0.785. The minimum Gasteiger partial charge on any atom is -0.349 e. The molecule has 10 heteroatoms. The molecule has 1 aliphatic rings. The molecule has 1 amide bonds. The van der Waals surface area contributed by atoms with Crippen LogP contribution in [0, 0.1) is 5.82 Å². The van der Waals surface area contributed by atoms with Gasteiger partial charge in [-0.3, -0.25) is 4.79 Å². The molecule has 0 aliphatic heterocycles. The molecule has 40 heavy (non-hydrogen) atoms. The number of halogens is 3. The van der Waals surface area contributed by atoms with Crippen molar-refractivity contribution in [3.63, 3.8) is 0 Å². The summed E-state index contributed by atoms with van der Waals surface area (Å²) in [6, 6.07) is 14.6. The Kier molecular flexibility index (Phi) is 10.4. The van der Waals surface area contributed by atoms with Crippen LogP contribution < -0.4 is 15.4 Å². The standard InChI is InChI=1S/C30H32Cl2FN3O3S/c1-2-3-15-34-19-20-7-13-25-22(16-20)5-4-6-28(25)35-30(37)18-29(21-8-10-23(33)11-9-21)36-40(38,39)24-12-14-26(31)27(32)17-24/h2,7-14,16-17,28-29,34,36H,1,3-6,15,18-19H2,(H,35,37)/t28-,29-/m1/s1. The lowest BCUT2D eigenvalue weighted by Gasteiger charge is -2.28. The van der Waals surface area contributed by atoms with E-state index in [1.165, 1.54) is 53.6 Å². The zero-order valence-electron chi connectivity index (χ0n) is 21.9. The Morgan fingerprint density at radius 3 is 2.58 bits per heavy atom. The third-order valence-electron chi connectivity index (χ3n) is 6.87. The van der Waals surface area contributed by atoms with Gasteiger partial charge in [0.2, 0.25) is 15.9 Å². The maximum Gasteiger partial charge on any atom is 0.241 e. The van der Waals surface area contributed by atoms with Crippen molar-refractivity contribution in [2.45, 2.75) is 55.6 Å². The number of benzene rings is 3. The Labute approximate surface area is 245 Å². The molecule has 0 saturated heterocycles. The van der Waals surface area contributed by atoms with E-state index in [0.29, 0.717) is 5.56 Å². The minimum absolute atomic E-state index is 0.0901. The second-order valence-electron chi connectivity index (χ2n) is 9.81. The van der Waals surface area contributed by atoms with Crippen molar-refractivity contribution in [2.75, 3.05) is 6.54 Å². The number of nitrogens with one attached hydrogen (secondary N) is 3. The number of hydrogen-bond acceptors (Lipinski definition) is 4. The number of carbonyl (C=O) groups excluding carboxylic acids is 1. The van der Waals surface area contributed by atoms with Crippen molar-refractivity contribution in [3.8, 4) is 0 Å². The summed E-state index contributed by atoms with van der Waals surface area (Å²) in [4.78, 5) is 13.2. The van der Waals surface area contributed by atoms with Gasteiger partial charge in [0, 0.05) is 13.0 Å². The smallest absolute Gasteiger partial charge is 0.241 e. The molecule has 6 nitrogen and oxygen atoms in total. The van der Waals surface area contributed by atoms with Crippen LogP contribution in [-0.2, 0) is 27.8 Å². The molecule has 0 spiro atoms. The molecule has 3 N–H and O–H groups in total. The lowest BCUT2D eigenvalue weighted by atomic mass is 9.86. The monoisotopic (exact) mass is 603 g/mol. The number of aryl methyl sites for hydroxylation is 1. The molecular weight excluding hydrogens is 572 g/mol. The number of amides is 1. The van der Waals surface area contributed by atoms with E-state index < -0.39 is 21.9 Å². The molecule has 0 radical (unpaired) electrons. The molecule has 0 unspecified atom stereocenters. The fraction of sp³-hybridized carbons (Fsp3) is 0.300. The molecule has 0 bridgehead atoms. The van der Waals surface area contributed by atoms with E-state index in [4.69, 9.17) is 23.2 Å². The first-order valence-electron chi connectivity index (χ1n) is 13.1. The van der Waals surface area contributed by atoms with Crippen LogP contribution in [0.4, 0.5) is 4.39 Å². The lowest BCUT2D eigenvalue weighted by Crippen LogP contribution is -2.36. The summed E-state index contributed by atoms with van der Waals surface area (Å²) in [6.45, 7) is 5.36. The van der Waals surface area contributed by atoms with E-state index in [0.717, 1.165) is 44.3 Å². The molecule has 4 rings (SSSR count). The van der Waals surface area contributed by atoms with Crippen molar-refractivity contribution >= 4 is 39.1 Å². The summed E-state index contributed by atoms with van der Waals surface area (Å²) >= 11 is 12.0. The van der Waals surface area contributed by atoms with E-state index in [2.05, 4.69) is 40.1 Å². The highest BCUT2D eigenvalue weighted by Crippen LogP contribution is 2.31. The largest absolute Gasteiger partial charge is 0.349 e. The summed E-state index contributed by atoms with van der Waals surface area (Å²) in [7, 11) is -4.08. The van der Waals surface area contributed by atoms with Crippen molar-refractivity contribution in [3.05, 3.63) is 111 Å². The predicted octanol–water partition coefficient (Wildman–Crippen LogP) is 6.40. The van der Waals surface area contributed by atoms with Gasteiger partial charge in [-0.05, 0) is 84.8 Å². The highest BCUT2D eigenvalue weighted by molar-refractivity contribution is 7.89. The number of hydrogen-bond donors (Lipinski definition) is 3. The van der Waals surface area contributed by atoms with Gasteiger partial charge < -0.3 is 10.6 Å². The molecule has 2 atom stereocenters. The topological polar surface area (TPSA) is 87.3 Å². The molecule has 0 fully saturated rings. The van der Waals surface area contributed by atoms with Gasteiger partial charge in [0.15, 0.2) is 0 Å². The molecule has 3 aromatic rings. The zero-order valence-corrected chi connectivity index (χ0v) is 24.3. The third-order valence-corrected chi connectivity index (χ3v) is 9.08. The van der Waals surface area contributed by atoms with Crippen LogP contribution in [0.25, 0.3) is 0 Å². The van der Waals surface area contributed by atoms with Crippen molar-refractivity contribution in [1.82, 2.24) is 15.4 Å². The van der Waals surface area contributed by atoms with E-state index in [-0.39, 0.29) is 33.3 Å². The highest BCUT2D eigenvalue weighted by Gasteiger charge is 2.27. The van der Waals surface area contributed by atoms with E-state index in [1.807, 2.05) is 6.08 Å². The molecule has 0 heterocycles. The fourth-order valence-electron chi connectivity index (χ4n) is 4.83. The van der Waals surface area contributed by atoms with E-state index >= 15 is 0 Å². The molecular formula is C30H32Cl2FN3O3S.